The molecule has 0 saturated heterocycles. The molecule has 2 aromatic rings. The molecule has 0 atom stereocenters. The molecule has 1 amide bonds. The number of carbonyl (C=O) groups excluding carboxylic acids is 2. The van der Waals surface area contributed by atoms with Gasteiger partial charge in [-0.1, -0.05) is 31.9 Å². The van der Waals surface area contributed by atoms with Crippen LogP contribution in [0.15, 0.2) is 35.4 Å². The maximum absolute atomic E-state index is 12.2. The van der Waals surface area contributed by atoms with Crippen molar-refractivity contribution in [3.63, 3.8) is 0 Å². The van der Waals surface area contributed by atoms with Gasteiger partial charge in [-0.3, -0.25) is 19.0 Å². The number of amides is 1. The minimum Gasteiger partial charge on any atom is -0.454 e. The number of benzene rings is 1. The van der Waals surface area contributed by atoms with Crippen LogP contribution in [-0.2, 0) is 20.9 Å². The Kier molecular flexibility index (Phi) is 6.48. The van der Waals surface area contributed by atoms with Gasteiger partial charge in [-0.25, -0.2) is 4.98 Å². The number of nitrogens with zero attached hydrogens (tertiary/aromatic N) is 2. The summed E-state index contributed by atoms with van der Waals surface area (Å²) in [7, 11) is 0. The summed E-state index contributed by atoms with van der Waals surface area (Å²) >= 11 is 0. The average Bonchev–Trinajstić information content (AvgIpc) is 2.59. The van der Waals surface area contributed by atoms with Crippen LogP contribution in [-0.4, -0.2) is 34.6 Å². The van der Waals surface area contributed by atoms with Crippen molar-refractivity contribution in [1.29, 1.82) is 0 Å². The van der Waals surface area contributed by atoms with E-state index < -0.39 is 5.97 Å². The largest absolute Gasteiger partial charge is 0.454 e. The number of unbranched alkanes of at least 4 members (excludes halogenated alkanes) is 2. The Labute approximate surface area is 139 Å². The molecule has 0 unspecified atom stereocenters. The van der Waals surface area contributed by atoms with Gasteiger partial charge < -0.3 is 10.1 Å². The molecular formula is C17H21N3O4. The van der Waals surface area contributed by atoms with E-state index in [0.29, 0.717) is 17.4 Å². The Morgan fingerprint density at radius 2 is 2.04 bits per heavy atom. The number of nitrogens with one attached hydrogen (secondary N) is 1. The zero-order chi connectivity index (χ0) is 17.4. The summed E-state index contributed by atoms with van der Waals surface area (Å²) < 4.78 is 6.06. The second kappa shape index (κ2) is 8.81. The molecule has 0 saturated carbocycles. The number of ether oxygens (including phenoxy) is 1. The van der Waals surface area contributed by atoms with Gasteiger partial charge in [0.05, 0.1) is 17.2 Å². The fourth-order valence-electron chi connectivity index (χ4n) is 2.20. The number of aromatic nitrogens is 2. The normalized spacial score (nSPS) is 10.5. The van der Waals surface area contributed by atoms with E-state index in [-0.39, 0.29) is 24.6 Å². The van der Waals surface area contributed by atoms with Crippen molar-refractivity contribution < 1.29 is 14.3 Å². The molecule has 1 N–H and O–H groups in total. The lowest BCUT2D eigenvalue weighted by molar-refractivity contribution is -0.149. The molecule has 2 rings (SSSR count). The molecule has 0 fully saturated rings. The van der Waals surface area contributed by atoms with Gasteiger partial charge in [-0.05, 0) is 18.6 Å². The van der Waals surface area contributed by atoms with Crippen LogP contribution in [0.2, 0.25) is 0 Å². The van der Waals surface area contributed by atoms with Crippen LogP contribution in [0.1, 0.15) is 26.2 Å². The highest BCUT2D eigenvalue weighted by Crippen LogP contribution is 2.04. The lowest BCUT2D eigenvalue weighted by atomic mass is 10.2. The SMILES string of the molecule is CCCCCNC(=O)COC(=O)Cn1cnc2ccccc2c1=O. The van der Waals surface area contributed by atoms with Gasteiger partial charge in [0.15, 0.2) is 6.61 Å². The minimum atomic E-state index is -0.655. The number of hydrogen-bond acceptors (Lipinski definition) is 5. The third-order valence-electron chi connectivity index (χ3n) is 3.50. The Bertz CT molecular complexity index is 770. The quantitative estimate of drug-likeness (QED) is 0.581. The molecule has 0 aliphatic carbocycles. The number of fused-ring (bicyclic) bond motifs is 1. The van der Waals surface area contributed by atoms with Gasteiger partial charge in [0, 0.05) is 6.54 Å². The first kappa shape index (κ1) is 17.7. The van der Waals surface area contributed by atoms with Crippen LogP contribution >= 0.6 is 0 Å². The summed E-state index contributed by atoms with van der Waals surface area (Å²) in [5.74, 6) is -0.999. The molecule has 1 heterocycles. The van der Waals surface area contributed by atoms with E-state index in [0.717, 1.165) is 19.3 Å². The first-order valence-corrected chi connectivity index (χ1v) is 7.98. The Morgan fingerprint density at radius 3 is 2.83 bits per heavy atom. The van der Waals surface area contributed by atoms with Crippen LogP contribution in [0, 0.1) is 0 Å². The summed E-state index contributed by atoms with van der Waals surface area (Å²) in [5, 5.41) is 3.11. The summed E-state index contributed by atoms with van der Waals surface area (Å²) in [6, 6.07) is 6.89. The van der Waals surface area contributed by atoms with Crippen LogP contribution in [0.5, 0.6) is 0 Å². The van der Waals surface area contributed by atoms with Crippen molar-refractivity contribution in [3.8, 4) is 0 Å². The minimum absolute atomic E-state index is 0.278. The molecule has 128 valence electrons. The second-order valence-electron chi connectivity index (χ2n) is 5.41. The third kappa shape index (κ3) is 4.91. The Balaban J connectivity index is 1.85. The van der Waals surface area contributed by atoms with E-state index in [9.17, 15) is 14.4 Å². The molecule has 0 aliphatic rings. The van der Waals surface area contributed by atoms with Gasteiger partial charge in [0.1, 0.15) is 6.54 Å². The molecule has 1 aromatic carbocycles. The first-order chi connectivity index (χ1) is 11.6. The van der Waals surface area contributed by atoms with Crippen molar-refractivity contribution in [1.82, 2.24) is 14.9 Å². The number of rotatable bonds is 8. The number of carbonyl (C=O) groups is 2. The molecule has 1 aromatic heterocycles. The highest BCUT2D eigenvalue weighted by Gasteiger charge is 2.10. The maximum Gasteiger partial charge on any atom is 0.326 e. The second-order valence-corrected chi connectivity index (χ2v) is 5.41. The smallest absolute Gasteiger partial charge is 0.326 e. The topological polar surface area (TPSA) is 90.3 Å². The van der Waals surface area contributed by atoms with E-state index in [1.807, 2.05) is 0 Å². The molecule has 7 nitrogen and oxygen atoms in total. The lowest BCUT2D eigenvalue weighted by Gasteiger charge is -2.08. The van der Waals surface area contributed by atoms with E-state index in [2.05, 4.69) is 17.2 Å². The molecule has 0 bridgehead atoms. The van der Waals surface area contributed by atoms with Gasteiger partial charge in [0.2, 0.25) is 0 Å². The van der Waals surface area contributed by atoms with E-state index in [1.165, 1.54) is 10.9 Å². The molecule has 0 aliphatic heterocycles. The van der Waals surface area contributed by atoms with Crippen molar-refractivity contribution in [2.75, 3.05) is 13.2 Å². The summed E-state index contributed by atoms with van der Waals surface area (Å²) in [6.07, 6.45) is 4.31. The van der Waals surface area contributed by atoms with Gasteiger partial charge >= 0.3 is 5.97 Å². The molecule has 0 spiro atoms. The number of hydrogen-bond donors (Lipinski definition) is 1. The molecule has 0 radical (unpaired) electrons. The lowest BCUT2D eigenvalue weighted by Crippen LogP contribution is -2.31. The zero-order valence-corrected chi connectivity index (χ0v) is 13.7. The summed E-state index contributed by atoms with van der Waals surface area (Å²) in [5.41, 5.74) is 0.250. The first-order valence-electron chi connectivity index (χ1n) is 7.98. The third-order valence-corrected chi connectivity index (χ3v) is 3.50. The molecule has 7 heteroatoms. The summed E-state index contributed by atoms with van der Waals surface area (Å²) in [6.45, 7) is 2.02. The van der Waals surface area contributed by atoms with E-state index >= 15 is 0 Å². The zero-order valence-electron chi connectivity index (χ0n) is 13.7. The number of esters is 1. The summed E-state index contributed by atoms with van der Waals surface area (Å²) in [4.78, 5) is 39.7. The van der Waals surface area contributed by atoms with Crippen molar-refractivity contribution >= 4 is 22.8 Å². The van der Waals surface area contributed by atoms with E-state index in [4.69, 9.17) is 4.74 Å². The highest BCUT2D eigenvalue weighted by molar-refractivity contribution is 5.81. The van der Waals surface area contributed by atoms with Crippen LogP contribution in [0.3, 0.4) is 0 Å². The monoisotopic (exact) mass is 331 g/mol. The standard InChI is InChI=1S/C17H21N3O4/c1-2-3-6-9-18-15(21)11-24-16(22)10-20-12-19-14-8-5-4-7-13(14)17(20)23/h4-5,7-8,12H,2-3,6,9-11H2,1H3,(H,18,21). The van der Waals surface area contributed by atoms with Crippen LogP contribution in [0.4, 0.5) is 0 Å². The maximum atomic E-state index is 12.2. The van der Waals surface area contributed by atoms with Gasteiger partial charge in [0.25, 0.3) is 11.5 Å². The van der Waals surface area contributed by atoms with Crippen LogP contribution in [0.25, 0.3) is 10.9 Å². The predicted octanol–water partition coefficient (Wildman–Crippen LogP) is 1.25. The fraction of sp³-hybridized carbons (Fsp3) is 0.412. The van der Waals surface area contributed by atoms with Crippen LogP contribution < -0.4 is 10.9 Å². The highest BCUT2D eigenvalue weighted by atomic mass is 16.5. The Hall–Kier alpha value is -2.70. The van der Waals surface area contributed by atoms with Crippen molar-refractivity contribution in [2.24, 2.45) is 0 Å². The van der Waals surface area contributed by atoms with Gasteiger partial charge in [-0.15, -0.1) is 0 Å². The van der Waals surface area contributed by atoms with E-state index in [1.54, 1.807) is 24.3 Å². The van der Waals surface area contributed by atoms with Crippen molar-refractivity contribution in [2.45, 2.75) is 32.7 Å². The fourth-order valence-corrected chi connectivity index (χ4v) is 2.20. The van der Waals surface area contributed by atoms with Crippen molar-refractivity contribution in [3.05, 3.63) is 40.9 Å². The molecular weight excluding hydrogens is 310 g/mol. The Morgan fingerprint density at radius 1 is 1.25 bits per heavy atom. The molecule has 24 heavy (non-hydrogen) atoms. The average molecular weight is 331 g/mol. The van der Waals surface area contributed by atoms with Gasteiger partial charge in [-0.2, -0.15) is 0 Å². The predicted molar refractivity (Wildman–Crippen MR) is 89.5 cm³/mol. The number of para-hydroxylation sites is 1.